The van der Waals surface area contributed by atoms with E-state index in [1.165, 1.54) is 0 Å². The first-order valence-corrected chi connectivity index (χ1v) is 4.28. The Labute approximate surface area is 87.6 Å². The van der Waals surface area contributed by atoms with Gasteiger partial charge in [0.05, 0.1) is 22.0 Å². The first-order valence-electron chi connectivity index (χ1n) is 3.46. The third-order valence-electron chi connectivity index (χ3n) is 1.43. The molecule has 1 rings (SSSR count). The third-order valence-corrected chi connectivity index (χ3v) is 2.06. The fourth-order valence-electron chi connectivity index (χ4n) is 0.835. The van der Waals surface area contributed by atoms with Crippen molar-refractivity contribution in [2.24, 2.45) is 0 Å². The molecule has 0 aliphatic heterocycles. The molecule has 0 unspecified atom stereocenters. The summed E-state index contributed by atoms with van der Waals surface area (Å²) in [5.41, 5.74) is -0.962. The molecule has 0 saturated carbocycles. The normalized spacial score (nSPS) is 9.27. The van der Waals surface area contributed by atoms with E-state index in [1.807, 2.05) is 0 Å². The summed E-state index contributed by atoms with van der Waals surface area (Å²) in [6.45, 7) is 0. The highest BCUT2D eigenvalue weighted by Gasteiger charge is 2.19. The van der Waals surface area contributed by atoms with Gasteiger partial charge in [0.25, 0.3) is 11.4 Å². The number of hydrogen-bond acceptors (Lipinski definition) is 6. The zero-order valence-electron chi connectivity index (χ0n) is 7.04. The average Bonchev–Trinajstić information content (AvgIpc) is 2.18. The molecule has 0 N–H and O–H groups in total. The van der Waals surface area contributed by atoms with E-state index in [-0.39, 0.29) is 4.90 Å². The van der Waals surface area contributed by atoms with E-state index in [0.717, 1.165) is 12.1 Å². The number of nitro groups is 2. The van der Waals surface area contributed by atoms with Crippen LogP contribution in [-0.4, -0.2) is 9.85 Å². The number of non-ortho nitro benzene ring substituents is 1. The molecule has 8 heteroatoms. The van der Waals surface area contributed by atoms with Gasteiger partial charge in [0, 0.05) is 0 Å². The number of rotatable bonds is 3. The zero-order valence-corrected chi connectivity index (χ0v) is 7.85. The van der Waals surface area contributed by atoms with Crippen molar-refractivity contribution in [2.45, 2.75) is 4.90 Å². The number of nitrogens with zero attached hydrogens (tertiary/aromatic N) is 3. The highest BCUT2D eigenvalue weighted by molar-refractivity contribution is 8.03. The van der Waals surface area contributed by atoms with Crippen LogP contribution in [0.3, 0.4) is 0 Å². The summed E-state index contributed by atoms with van der Waals surface area (Å²) in [5.74, 6) is 0. The summed E-state index contributed by atoms with van der Waals surface area (Å²) in [5, 5.41) is 30.8. The van der Waals surface area contributed by atoms with Crippen LogP contribution in [0, 0.1) is 37.0 Å². The van der Waals surface area contributed by atoms with Crippen LogP contribution >= 0.6 is 11.8 Å². The average molecular weight is 224 g/mol. The summed E-state index contributed by atoms with van der Waals surface area (Å²) in [7, 11) is 0. The van der Waals surface area contributed by atoms with E-state index in [0.29, 0.717) is 11.8 Å². The Morgan fingerprint density at radius 2 is 2.07 bits per heavy atom. The van der Waals surface area contributed by atoms with Gasteiger partial charge in [-0.1, -0.05) is 0 Å². The quantitative estimate of drug-likeness (QED) is 0.335. The number of thiocyanates is 1. The maximum absolute atomic E-state index is 10.5. The van der Waals surface area contributed by atoms with Crippen LogP contribution in [0.4, 0.5) is 11.4 Å². The topological polar surface area (TPSA) is 110 Å². The Morgan fingerprint density at radius 3 is 2.53 bits per heavy atom. The second-order valence-corrected chi connectivity index (χ2v) is 3.10. The van der Waals surface area contributed by atoms with Crippen molar-refractivity contribution in [1.82, 2.24) is 0 Å². The van der Waals surface area contributed by atoms with E-state index in [4.69, 9.17) is 5.26 Å². The minimum Gasteiger partial charge on any atom is -0.258 e. The predicted octanol–water partition coefficient (Wildman–Crippen LogP) is 1.88. The minimum atomic E-state index is -0.784. The fourth-order valence-corrected chi connectivity index (χ4v) is 1.29. The van der Waals surface area contributed by atoms with E-state index in [9.17, 15) is 20.2 Å². The van der Waals surface area contributed by atoms with Crippen molar-refractivity contribution in [3.63, 3.8) is 0 Å². The number of hydrogen-bond donors (Lipinski definition) is 0. The summed E-state index contributed by atoms with van der Waals surface area (Å²) in [6.07, 6.45) is 0. The van der Waals surface area contributed by atoms with Gasteiger partial charge in [-0.3, -0.25) is 20.2 Å². The zero-order chi connectivity index (χ0) is 11.4. The molecule has 1 radical (unpaired) electrons. The number of thioether (sulfide) groups is 1. The lowest BCUT2D eigenvalue weighted by molar-refractivity contribution is -0.396. The Balaban J connectivity index is 3.28. The molecule has 0 saturated heterocycles. The van der Waals surface area contributed by atoms with Crippen molar-refractivity contribution in [2.75, 3.05) is 0 Å². The third kappa shape index (κ3) is 2.41. The number of benzene rings is 1. The molecule has 0 aliphatic rings. The lowest BCUT2D eigenvalue weighted by Crippen LogP contribution is -1.94. The van der Waals surface area contributed by atoms with Crippen LogP contribution in [0.2, 0.25) is 0 Å². The van der Waals surface area contributed by atoms with Gasteiger partial charge in [0.15, 0.2) is 0 Å². The maximum Gasteiger partial charge on any atom is 0.290 e. The number of nitro benzene ring substituents is 2. The van der Waals surface area contributed by atoms with Gasteiger partial charge in [0.1, 0.15) is 10.3 Å². The fraction of sp³-hybridized carbons (Fsp3) is 0. The van der Waals surface area contributed by atoms with Crippen molar-refractivity contribution in [3.8, 4) is 5.40 Å². The second kappa shape index (κ2) is 4.39. The highest BCUT2D eigenvalue weighted by atomic mass is 32.2. The van der Waals surface area contributed by atoms with E-state index < -0.39 is 21.2 Å². The molecule has 0 fully saturated rings. The molecule has 15 heavy (non-hydrogen) atoms. The van der Waals surface area contributed by atoms with E-state index in [1.54, 1.807) is 5.40 Å². The molecule has 0 bridgehead atoms. The molecule has 0 heterocycles. The molecular weight excluding hydrogens is 222 g/mol. The summed E-state index contributed by atoms with van der Waals surface area (Å²) >= 11 is 0.561. The highest BCUT2D eigenvalue weighted by Crippen LogP contribution is 2.31. The predicted molar refractivity (Wildman–Crippen MR) is 50.1 cm³/mol. The summed E-state index contributed by atoms with van der Waals surface area (Å²) in [6, 6.07) is 4.08. The molecule has 0 atom stereocenters. The van der Waals surface area contributed by atoms with Gasteiger partial charge < -0.3 is 0 Å². The molecule has 0 spiro atoms. The molecule has 75 valence electrons. The summed E-state index contributed by atoms with van der Waals surface area (Å²) in [4.78, 5) is 19.3. The largest absolute Gasteiger partial charge is 0.290 e. The Hall–Kier alpha value is -2.14. The van der Waals surface area contributed by atoms with Gasteiger partial charge in [-0.25, -0.2) is 0 Å². The van der Waals surface area contributed by atoms with Crippen LogP contribution in [0.5, 0.6) is 0 Å². The van der Waals surface area contributed by atoms with Gasteiger partial charge >= 0.3 is 0 Å². The molecule has 0 aromatic heterocycles. The van der Waals surface area contributed by atoms with Crippen molar-refractivity contribution < 1.29 is 9.85 Å². The van der Waals surface area contributed by atoms with Crippen LogP contribution in [-0.2, 0) is 0 Å². The van der Waals surface area contributed by atoms with Crippen molar-refractivity contribution in [3.05, 3.63) is 38.4 Å². The monoisotopic (exact) mass is 224 g/mol. The van der Waals surface area contributed by atoms with Gasteiger partial charge in [0.2, 0.25) is 0 Å². The molecule has 1 aromatic rings. The molecule has 0 amide bonds. The van der Waals surface area contributed by atoms with Crippen LogP contribution in [0.1, 0.15) is 0 Å². The van der Waals surface area contributed by atoms with Gasteiger partial charge in [-0.15, -0.1) is 0 Å². The first-order chi connectivity index (χ1) is 7.06. The van der Waals surface area contributed by atoms with Crippen LogP contribution in [0.25, 0.3) is 0 Å². The van der Waals surface area contributed by atoms with Crippen LogP contribution < -0.4 is 0 Å². The molecule has 1 aromatic carbocycles. The molecule has 0 aliphatic carbocycles. The Morgan fingerprint density at radius 1 is 1.40 bits per heavy atom. The smallest absolute Gasteiger partial charge is 0.258 e. The second-order valence-electron chi connectivity index (χ2n) is 2.28. The standard InChI is InChI=1S/C7H2N3O4S/c8-4-15-7-2-1-5(9(11)12)3-6(7)10(13)14/h2-3H. The van der Waals surface area contributed by atoms with E-state index >= 15 is 0 Å². The lowest BCUT2D eigenvalue weighted by Gasteiger charge is -1.96. The minimum absolute atomic E-state index is 0.0353. The van der Waals surface area contributed by atoms with Gasteiger partial charge in [-0.05, 0) is 17.8 Å². The Kier molecular flexibility index (Phi) is 3.20. The molecular formula is C7H2N3O4S. The maximum atomic E-state index is 10.5. The van der Waals surface area contributed by atoms with Crippen LogP contribution in [0.15, 0.2) is 17.0 Å². The van der Waals surface area contributed by atoms with Gasteiger partial charge in [-0.2, -0.15) is 5.26 Å². The lowest BCUT2D eigenvalue weighted by atomic mass is 10.3. The van der Waals surface area contributed by atoms with Crippen molar-refractivity contribution in [1.29, 1.82) is 5.26 Å². The molecule has 7 nitrogen and oxygen atoms in total. The number of nitriles is 1. The van der Waals surface area contributed by atoms with E-state index in [2.05, 4.69) is 6.07 Å². The SMILES string of the molecule is N#CSc1c[c]c([N+](=O)[O-])cc1[N+](=O)[O-]. The Bertz CT molecular complexity index is 468. The van der Waals surface area contributed by atoms with Crippen molar-refractivity contribution >= 4 is 23.1 Å². The summed E-state index contributed by atoms with van der Waals surface area (Å²) < 4.78 is 0. The first kappa shape index (κ1) is 10.9.